The fraction of sp³-hybridized carbons (Fsp3) is 0.571. The zero-order valence-corrected chi connectivity index (χ0v) is 10.3. The Morgan fingerprint density at radius 1 is 1.56 bits per heavy atom. The van der Waals surface area contributed by atoms with Crippen molar-refractivity contribution in [3.05, 3.63) is 0 Å². The number of nitrogens with zero attached hydrogens (tertiary/aromatic N) is 2. The van der Waals surface area contributed by atoms with Gasteiger partial charge in [-0.2, -0.15) is 4.37 Å². The van der Waals surface area contributed by atoms with E-state index in [9.17, 15) is 17.2 Å². The molecule has 9 heteroatoms. The normalized spacial score (nSPS) is 12.1. The lowest BCUT2D eigenvalue weighted by Gasteiger charge is -2.17. The van der Waals surface area contributed by atoms with E-state index in [1.54, 1.807) is 0 Å². The van der Waals surface area contributed by atoms with Crippen molar-refractivity contribution in [1.82, 2.24) is 4.37 Å². The summed E-state index contributed by atoms with van der Waals surface area (Å²) in [5.41, 5.74) is 5.40. The van der Waals surface area contributed by atoms with Gasteiger partial charge in [0.05, 0.1) is 6.54 Å². The average molecular weight is 271 g/mol. The molecular formula is C7H11F2N3O2S2. The first kappa shape index (κ1) is 13.1. The lowest BCUT2D eigenvalue weighted by Crippen LogP contribution is -2.24. The quantitative estimate of drug-likeness (QED) is 0.877. The predicted octanol–water partition coefficient (Wildman–Crippen LogP) is 0.830. The highest BCUT2D eigenvalue weighted by atomic mass is 32.2. The molecule has 92 valence electrons. The van der Waals surface area contributed by atoms with Crippen molar-refractivity contribution in [2.75, 3.05) is 30.5 Å². The van der Waals surface area contributed by atoms with Gasteiger partial charge in [-0.25, -0.2) is 17.2 Å². The maximum Gasteiger partial charge on any atom is 0.255 e. The third-order valence-corrected chi connectivity index (χ3v) is 4.04. The van der Waals surface area contributed by atoms with Crippen LogP contribution in [0.3, 0.4) is 0 Å². The van der Waals surface area contributed by atoms with E-state index in [2.05, 4.69) is 4.37 Å². The molecule has 16 heavy (non-hydrogen) atoms. The van der Waals surface area contributed by atoms with Crippen molar-refractivity contribution in [2.24, 2.45) is 0 Å². The van der Waals surface area contributed by atoms with Gasteiger partial charge in [-0.05, 0) is 11.5 Å². The van der Waals surface area contributed by atoms with E-state index in [4.69, 9.17) is 5.73 Å². The van der Waals surface area contributed by atoms with Crippen LogP contribution >= 0.6 is 11.5 Å². The molecule has 2 N–H and O–H groups in total. The summed E-state index contributed by atoms with van der Waals surface area (Å²) in [7, 11) is -2.20. The molecule has 0 amide bonds. The van der Waals surface area contributed by atoms with E-state index in [-0.39, 0.29) is 15.7 Å². The van der Waals surface area contributed by atoms with E-state index in [0.29, 0.717) is 0 Å². The standard InChI is InChI=1S/C7H11F2N3O2S2/c1-12(3-4(8)9)7-5(16(2,13)14)6(10)11-15-7/h4H,3H2,1-2H3,(H2,10,11). The molecule has 0 saturated heterocycles. The lowest BCUT2D eigenvalue weighted by molar-refractivity contribution is 0.156. The highest BCUT2D eigenvalue weighted by Gasteiger charge is 2.24. The number of hydrogen-bond donors (Lipinski definition) is 1. The van der Waals surface area contributed by atoms with Crippen molar-refractivity contribution in [2.45, 2.75) is 11.3 Å². The van der Waals surface area contributed by atoms with E-state index < -0.39 is 22.8 Å². The summed E-state index contributed by atoms with van der Waals surface area (Å²) < 4.78 is 50.8. The summed E-state index contributed by atoms with van der Waals surface area (Å²) in [6, 6.07) is 0. The number of alkyl halides is 2. The Kier molecular flexibility index (Phi) is 3.68. The number of rotatable bonds is 4. The molecule has 0 aliphatic carbocycles. The second kappa shape index (κ2) is 4.50. The number of sulfone groups is 1. The van der Waals surface area contributed by atoms with Crippen LogP contribution in [-0.2, 0) is 9.84 Å². The van der Waals surface area contributed by atoms with E-state index >= 15 is 0 Å². The number of anilines is 2. The van der Waals surface area contributed by atoms with Gasteiger partial charge in [-0.3, -0.25) is 0 Å². The molecule has 0 saturated carbocycles. The lowest BCUT2D eigenvalue weighted by atomic mass is 10.5. The minimum absolute atomic E-state index is 0.139. The summed E-state index contributed by atoms with van der Waals surface area (Å²) in [4.78, 5) is 0.954. The first-order valence-corrected chi connectivity index (χ1v) is 6.84. The largest absolute Gasteiger partial charge is 0.382 e. The Bertz CT molecular complexity index is 472. The SMILES string of the molecule is CN(CC(F)F)c1snc(N)c1S(C)(=O)=O. The van der Waals surface area contributed by atoms with Gasteiger partial charge in [0.15, 0.2) is 15.7 Å². The average Bonchev–Trinajstić information content (AvgIpc) is 2.44. The number of nitrogen functional groups attached to an aromatic ring is 1. The highest BCUT2D eigenvalue weighted by molar-refractivity contribution is 7.91. The molecule has 1 aromatic rings. The van der Waals surface area contributed by atoms with Gasteiger partial charge in [0.1, 0.15) is 9.90 Å². The summed E-state index contributed by atoms with van der Waals surface area (Å²) in [5, 5.41) is 0.139. The topological polar surface area (TPSA) is 76.3 Å². The summed E-state index contributed by atoms with van der Waals surface area (Å²) >= 11 is 0.792. The molecule has 0 radical (unpaired) electrons. The Hall–Kier alpha value is -0.960. The number of halogens is 2. The molecule has 0 unspecified atom stereocenters. The van der Waals surface area contributed by atoms with Crippen molar-refractivity contribution in [3.8, 4) is 0 Å². The molecule has 0 aliphatic heterocycles. The minimum Gasteiger partial charge on any atom is -0.382 e. The van der Waals surface area contributed by atoms with Gasteiger partial charge < -0.3 is 10.6 Å². The van der Waals surface area contributed by atoms with Crippen LogP contribution in [0.4, 0.5) is 19.6 Å². The maximum absolute atomic E-state index is 12.2. The van der Waals surface area contributed by atoms with Gasteiger partial charge in [0.25, 0.3) is 6.43 Å². The number of aromatic nitrogens is 1. The summed E-state index contributed by atoms with van der Waals surface area (Å²) in [6.45, 7) is -0.565. The van der Waals surface area contributed by atoms with Crippen LogP contribution in [0.25, 0.3) is 0 Å². The van der Waals surface area contributed by atoms with E-state index in [1.165, 1.54) is 7.05 Å². The first-order chi connectivity index (χ1) is 7.23. The molecule has 1 heterocycles. The van der Waals surface area contributed by atoms with Crippen LogP contribution in [0.1, 0.15) is 0 Å². The van der Waals surface area contributed by atoms with Crippen LogP contribution in [0.15, 0.2) is 4.90 Å². The minimum atomic E-state index is -3.57. The molecule has 1 aromatic heterocycles. The smallest absolute Gasteiger partial charge is 0.255 e. The first-order valence-electron chi connectivity index (χ1n) is 4.18. The molecule has 5 nitrogen and oxygen atoms in total. The number of nitrogens with two attached hydrogens (primary N) is 1. The Balaban J connectivity index is 3.16. The fourth-order valence-corrected chi connectivity index (χ4v) is 3.37. The van der Waals surface area contributed by atoms with Crippen LogP contribution in [0.5, 0.6) is 0 Å². The van der Waals surface area contributed by atoms with E-state index in [0.717, 1.165) is 22.7 Å². The highest BCUT2D eigenvalue weighted by Crippen LogP contribution is 2.33. The molecule has 0 fully saturated rings. The predicted molar refractivity (Wildman–Crippen MR) is 58.9 cm³/mol. The van der Waals surface area contributed by atoms with Crippen molar-refractivity contribution in [1.29, 1.82) is 0 Å². The zero-order chi connectivity index (χ0) is 12.5. The fourth-order valence-electron chi connectivity index (χ4n) is 1.17. The summed E-state index contributed by atoms with van der Waals surface area (Å²) in [6.07, 6.45) is -1.59. The third-order valence-electron chi connectivity index (χ3n) is 1.79. The van der Waals surface area contributed by atoms with Crippen molar-refractivity contribution >= 4 is 32.2 Å². The second-order valence-corrected chi connectivity index (χ2v) is 5.95. The summed E-state index contributed by atoms with van der Waals surface area (Å²) in [5.74, 6) is -0.149. The number of hydrogen-bond acceptors (Lipinski definition) is 6. The van der Waals surface area contributed by atoms with Crippen LogP contribution in [-0.4, -0.2) is 39.1 Å². The molecule has 0 bridgehead atoms. The van der Waals surface area contributed by atoms with Gasteiger partial charge in [-0.15, -0.1) is 0 Å². The monoisotopic (exact) mass is 271 g/mol. The molecule has 0 atom stereocenters. The van der Waals surface area contributed by atoms with Crippen LogP contribution < -0.4 is 10.6 Å². The Morgan fingerprint density at radius 2 is 2.12 bits per heavy atom. The molecule has 1 rings (SSSR count). The molecule has 0 aromatic carbocycles. The van der Waals surface area contributed by atoms with Gasteiger partial charge in [0, 0.05) is 13.3 Å². The van der Waals surface area contributed by atoms with Gasteiger partial charge >= 0.3 is 0 Å². The zero-order valence-electron chi connectivity index (χ0n) is 8.65. The van der Waals surface area contributed by atoms with Crippen LogP contribution in [0, 0.1) is 0 Å². The van der Waals surface area contributed by atoms with Crippen molar-refractivity contribution in [3.63, 3.8) is 0 Å². The van der Waals surface area contributed by atoms with E-state index in [1.807, 2.05) is 0 Å². The maximum atomic E-state index is 12.2. The Morgan fingerprint density at radius 3 is 2.56 bits per heavy atom. The van der Waals surface area contributed by atoms with Gasteiger partial charge in [0.2, 0.25) is 0 Å². The van der Waals surface area contributed by atoms with Gasteiger partial charge in [-0.1, -0.05) is 0 Å². The molecule has 0 aliphatic rings. The molecule has 0 spiro atoms. The van der Waals surface area contributed by atoms with Crippen LogP contribution in [0.2, 0.25) is 0 Å². The second-order valence-electron chi connectivity index (χ2n) is 3.25. The van der Waals surface area contributed by atoms with Crippen molar-refractivity contribution < 1.29 is 17.2 Å². The molecular weight excluding hydrogens is 260 g/mol. The Labute approximate surface area is 95.9 Å². The third kappa shape index (κ3) is 2.79.